The number of benzene rings is 1. The molecule has 0 spiro atoms. The number of rotatable bonds is 6. The first-order valence-electron chi connectivity index (χ1n) is 5.99. The SMILES string of the molecule is Cc1cc(OCCNCc2ccc(Cl)s2)ccc1F. The summed E-state index contributed by atoms with van der Waals surface area (Å²) in [5.41, 5.74) is 0.596. The molecule has 0 bridgehead atoms. The van der Waals surface area contributed by atoms with E-state index in [0.29, 0.717) is 17.9 Å². The van der Waals surface area contributed by atoms with Crippen LogP contribution in [-0.2, 0) is 6.54 Å². The molecule has 102 valence electrons. The molecule has 2 rings (SSSR count). The Morgan fingerprint density at radius 1 is 1.32 bits per heavy atom. The van der Waals surface area contributed by atoms with E-state index in [1.807, 2.05) is 12.1 Å². The standard InChI is InChI=1S/C14H15ClFNOS/c1-10-8-11(2-4-13(10)16)18-7-6-17-9-12-3-5-14(15)19-12/h2-5,8,17H,6-7,9H2,1H3. The van der Waals surface area contributed by atoms with Gasteiger partial charge in [0, 0.05) is 18.0 Å². The van der Waals surface area contributed by atoms with Gasteiger partial charge in [-0.3, -0.25) is 0 Å². The fourth-order valence-electron chi connectivity index (χ4n) is 1.61. The number of nitrogens with one attached hydrogen (secondary N) is 1. The maximum atomic E-state index is 13.1. The molecule has 0 unspecified atom stereocenters. The van der Waals surface area contributed by atoms with E-state index in [1.54, 1.807) is 30.4 Å². The second-order valence-electron chi connectivity index (χ2n) is 4.14. The molecule has 0 aliphatic carbocycles. The predicted molar refractivity (Wildman–Crippen MR) is 77.7 cm³/mol. The molecule has 0 aliphatic heterocycles. The van der Waals surface area contributed by atoms with E-state index in [2.05, 4.69) is 5.32 Å². The molecular formula is C14H15ClFNOS. The smallest absolute Gasteiger partial charge is 0.126 e. The zero-order valence-corrected chi connectivity index (χ0v) is 12.2. The van der Waals surface area contributed by atoms with Gasteiger partial charge in [0.05, 0.1) is 4.34 Å². The molecule has 19 heavy (non-hydrogen) atoms. The number of ether oxygens (including phenoxy) is 1. The first-order valence-corrected chi connectivity index (χ1v) is 7.18. The fourth-order valence-corrected chi connectivity index (χ4v) is 2.66. The van der Waals surface area contributed by atoms with Gasteiger partial charge in [-0.15, -0.1) is 11.3 Å². The van der Waals surface area contributed by atoms with Gasteiger partial charge in [0.1, 0.15) is 18.2 Å². The molecule has 2 aromatic rings. The van der Waals surface area contributed by atoms with Gasteiger partial charge >= 0.3 is 0 Å². The first kappa shape index (κ1) is 14.3. The van der Waals surface area contributed by atoms with Crippen LogP contribution in [-0.4, -0.2) is 13.2 Å². The second kappa shape index (κ2) is 6.89. The third-order valence-corrected chi connectivity index (χ3v) is 3.84. The van der Waals surface area contributed by atoms with Crippen LogP contribution in [0.15, 0.2) is 30.3 Å². The van der Waals surface area contributed by atoms with E-state index >= 15 is 0 Å². The molecule has 1 aromatic heterocycles. The molecule has 0 saturated heterocycles. The molecule has 0 aliphatic rings. The van der Waals surface area contributed by atoms with Crippen LogP contribution in [0.5, 0.6) is 5.75 Å². The summed E-state index contributed by atoms with van der Waals surface area (Å²) >= 11 is 7.41. The van der Waals surface area contributed by atoms with Gasteiger partial charge in [-0.2, -0.15) is 0 Å². The van der Waals surface area contributed by atoms with Crippen LogP contribution in [0.4, 0.5) is 4.39 Å². The largest absolute Gasteiger partial charge is 0.492 e. The molecule has 0 radical (unpaired) electrons. The Morgan fingerprint density at radius 3 is 2.84 bits per heavy atom. The Balaban J connectivity index is 1.67. The highest BCUT2D eigenvalue weighted by Gasteiger charge is 2.00. The monoisotopic (exact) mass is 299 g/mol. The number of hydrogen-bond acceptors (Lipinski definition) is 3. The molecule has 1 aromatic carbocycles. The van der Waals surface area contributed by atoms with Crippen molar-refractivity contribution in [3.63, 3.8) is 0 Å². The summed E-state index contributed by atoms with van der Waals surface area (Å²) in [7, 11) is 0. The molecule has 2 nitrogen and oxygen atoms in total. The summed E-state index contributed by atoms with van der Waals surface area (Å²) in [6.07, 6.45) is 0. The van der Waals surface area contributed by atoms with Crippen molar-refractivity contribution in [3.8, 4) is 5.75 Å². The Labute approximate surface area is 121 Å². The lowest BCUT2D eigenvalue weighted by Crippen LogP contribution is -2.20. The van der Waals surface area contributed by atoms with Crippen LogP contribution in [0, 0.1) is 12.7 Å². The highest BCUT2D eigenvalue weighted by Crippen LogP contribution is 2.21. The first-order chi connectivity index (χ1) is 9.15. The minimum Gasteiger partial charge on any atom is -0.492 e. The molecule has 0 amide bonds. The van der Waals surface area contributed by atoms with E-state index in [9.17, 15) is 4.39 Å². The van der Waals surface area contributed by atoms with Gasteiger partial charge in [0.25, 0.3) is 0 Å². The van der Waals surface area contributed by atoms with Crippen molar-refractivity contribution in [2.45, 2.75) is 13.5 Å². The van der Waals surface area contributed by atoms with Gasteiger partial charge in [0.15, 0.2) is 0 Å². The maximum absolute atomic E-state index is 13.1. The summed E-state index contributed by atoms with van der Waals surface area (Å²) in [5, 5.41) is 3.26. The average molecular weight is 300 g/mol. The van der Waals surface area contributed by atoms with E-state index in [4.69, 9.17) is 16.3 Å². The molecule has 1 N–H and O–H groups in total. The van der Waals surface area contributed by atoms with Crippen molar-refractivity contribution in [1.29, 1.82) is 0 Å². The van der Waals surface area contributed by atoms with Gasteiger partial charge in [-0.25, -0.2) is 4.39 Å². The van der Waals surface area contributed by atoms with Crippen LogP contribution in [0.25, 0.3) is 0 Å². The number of hydrogen-bond donors (Lipinski definition) is 1. The van der Waals surface area contributed by atoms with Gasteiger partial charge in [-0.05, 0) is 42.8 Å². The van der Waals surface area contributed by atoms with Crippen LogP contribution >= 0.6 is 22.9 Å². The third-order valence-electron chi connectivity index (χ3n) is 2.61. The van der Waals surface area contributed by atoms with E-state index in [-0.39, 0.29) is 5.82 Å². The van der Waals surface area contributed by atoms with Crippen molar-refractivity contribution < 1.29 is 9.13 Å². The molecule has 1 heterocycles. The zero-order valence-electron chi connectivity index (χ0n) is 10.6. The normalized spacial score (nSPS) is 10.7. The summed E-state index contributed by atoms with van der Waals surface area (Å²) in [6.45, 7) is 3.78. The van der Waals surface area contributed by atoms with E-state index < -0.39 is 0 Å². The van der Waals surface area contributed by atoms with E-state index in [1.165, 1.54) is 10.9 Å². The van der Waals surface area contributed by atoms with Crippen LogP contribution in [0.2, 0.25) is 4.34 Å². The maximum Gasteiger partial charge on any atom is 0.126 e. The van der Waals surface area contributed by atoms with Gasteiger partial charge in [-0.1, -0.05) is 11.6 Å². The molecular weight excluding hydrogens is 285 g/mol. The topological polar surface area (TPSA) is 21.3 Å². The molecule has 0 atom stereocenters. The Hall–Kier alpha value is -1.10. The van der Waals surface area contributed by atoms with Crippen LogP contribution in [0.3, 0.4) is 0 Å². The summed E-state index contributed by atoms with van der Waals surface area (Å²) in [4.78, 5) is 1.20. The van der Waals surface area contributed by atoms with Gasteiger partial charge < -0.3 is 10.1 Å². The molecule has 5 heteroatoms. The predicted octanol–water partition coefficient (Wildman–Crippen LogP) is 4.02. The molecule has 0 saturated carbocycles. The zero-order chi connectivity index (χ0) is 13.7. The van der Waals surface area contributed by atoms with Crippen LogP contribution < -0.4 is 10.1 Å². The van der Waals surface area contributed by atoms with Crippen molar-refractivity contribution in [2.24, 2.45) is 0 Å². The van der Waals surface area contributed by atoms with Crippen molar-refractivity contribution >= 4 is 22.9 Å². The lowest BCUT2D eigenvalue weighted by Gasteiger charge is -2.08. The average Bonchev–Trinajstić information content (AvgIpc) is 2.79. The van der Waals surface area contributed by atoms with E-state index in [0.717, 1.165) is 17.4 Å². The second-order valence-corrected chi connectivity index (χ2v) is 5.94. The quantitative estimate of drug-likeness (QED) is 0.814. The highest BCUT2D eigenvalue weighted by molar-refractivity contribution is 7.16. The summed E-state index contributed by atoms with van der Waals surface area (Å²) < 4.78 is 19.4. The number of aryl methyl sites for hydroxylation is 1. The van der Waals surface area contributed by atoms with Crippen molar-refractivity contribution in [1.82, 2.24) is 5.32 Å². The third kappa shape index (κ3) is 4.49. The Morgan fingerprint density at radius 2 is 2.16 bits per heavy atom. The Bertz CT molecular complexity index is 544. The minimum atomic E-state index is -0.208. The van der Waals surface area contributed by atoms with Crippen molar-refractivity contribution in [2.75, 3.05) is 13.2 Å². The molecule has 0 fully saturated rings. The number of halogens is 2. The highest BCUT2D eigenvalue weighted by atomic mass is 35.5. The lowest BCUT2D eigenvalue weighted by atomic mass is 10.2. The Kier molecular flexibility index (Phi) is 5.19. The van der Waals surface area contributed by atoms with Crippen LogP contribution in [0.1, 0.15) is 10.4 Å². The lowest BCUT2D eigenvalue weighted by molar-refractivity contribution is 0.313. The summed E-state index contributed by atoms with van der Waals surface area (Å²) in [6, 6.07) is 8.66. The minimum absolute atomic E-state index is 0.208. The number of thiophene rings is 1. The summed E-state index contributed by atoms with van der Waals surface area (Å²) in [5.74, 6) is 0.486. The van der Waals surface area contributed by atoms with Gasteiger partial charge in [0.2, 0.25) is 0 Å². The fraction of sp³-hybridized carbons (Fsp3) is 0.286. The van der Waals surface area contributed by atoms with Crippen molar-refractivity contribution in [3.05, 3.63) is 50.9 Å².